The smallest absolute Gasteiger partial charge is 1.00 e. The van der Waals surface area contributed by atoms with E-state index < -0.39 is 0 Å². The predicted octanol–water partition coefficient (Wildman–Crippen LogP) is 1.54. The van der Waals surface area contributed by atoms with Gasteiger partial charge in [-0.15, -0.1) is 34.1 Å². The van der Waals surface area contributed by atoms with Gasteiger partial charge < -0.3 is 24.8 Å². The molecule has 1 radical (unpaired) electrons. The molecule has 0 N–H and O–H groups in total. The molecule has 0 spiro atoms. The second-order valence-corrected chi connectivity index (χ2v) is 11.8. The molecule has 3 heteroatoms. The normalized spacial score (nSPS) is 14.3. The van der Waals surface area contributed by atoms with Gasteiger partial charge in [0.2, 0.25) is 0 Å². The Morgan fingerprint density at radius 2 is 1.49 bits per heavy atom. The second-order valence-electron chi connectivity index (χ2n) is 11.8. The van der Waals surface area contributed by atoms with Crippen LogP contribution in [-0.2, 0) is 32.5 Å². The average Bonchev–Trinajstić information content (AvgIpc) is 3.44. The minimum atomic E-state index is -0.00775. The number of rotatable bonds is 2. The van der Waals surface area contributed by atoms with Gasteiger partial charge in [0.1, 0.15) is 0 Å². The zero-order valence-corrected chi connectivity index (χ0v) is 26.0. The number of halogens is 2. The first kappa shape index (κ1) is 31.4. The predicted molar refractivity (Wildman–Crippen MR) is 147 cm³/mol. The van der Waals surface area contributed by atoms with Gasteiger partial charge in [0.25, 0.3) is 0 Å². The molecule has 0 unspecified atom stereocenters. The van der Waals surface area contributed by atoms with Crippen LogP contribution in [0.5, 0.6) is 0 Å². The van der Waals surface area contributed by atoms with Gasteiger partial charge in [-0.05, 0) is 40.5 Å². The maximum atomic E-state index is 3.88. The minimum Gasteiger partial charge on any atom is -1.00 e. The van der Waals surface area contributed by atoms with Crippen LogP contribution in [0, 0.1) is 0 Å². The maximum absolute atomic E-state index is 3.88. The molecule has 0 bridgehead atoms. The molecule has 2 aliphatic rings. The van der Waals surface area contributed by atoms with Gasteiger partial charge in [0, 0.05) is 0 Å². The summed E-state index contributed by atoms with van der Waals surface area (Å²) in [6.45, 7) is 16.2. The summed E-state index contributed by atoms with van der Waals surface area (Å²) in [5.41, 5.74) is 12.1. The monoisotopic (exact) mass is 561 g/mol. The summed E-state index contributed by atoms with van der Waals surface area (Å²) < 4.78 is 0. The summed E-state index contributed by atoms with van der Waals surface area (Å²) in [7, 11) is 0. The summed E-state index contributed by atoms with van der Waals surface area (Å²) >= 11 is 0. The Labute approximate surface area is 250 Å². The first-order valence-electron chi connectivity index (χ1n) is 12.4. The number of allylic oxidation sites excluding steroid dienone is 4. The minimum absolute atomic E-state index is 0. The van der Waals surface area contributed by atoms with Crippen molar-refractivity contribution in [2.24, 2.45) is 0 Å². The van der Waals surface area contributed by atoms with Crippen LogP contribution < -0.4 is 35.3 Å². The molecular formula is C34H35Cl2Ti. The molecule has 37 heavy (non-hydrogen) atoms. The van der Waals surface area contributed by atoms with E-state index in [2.05, 4.69) is 127 Å². The average molecular weight is 562 g/mol. The maximum Gasteiger partial charge on any atom is 3.00 e. The van der Waals surface area contributed by atoms with Gasteiger partial charge >= 0.3 is 21.7 Å². The Morgan fingerprint density at radius 1 is 0.811 bits per heavy atom. The number of benzene rings is 3. The zero-order valence-electron chi connectivity index (χ0n) is 22.9. The fraction of sp³-hybridized carbons (Fsp3) is 0.294. The molecule has 5 rings (SSSR count). The van der Waals surface area contributed by atoms with E-state index in [1.54, 1.807) is 0 Å². The Bertz CT molecular complexity index is 1480. The van der Waals surface area contributed by atoms with E-state index in [1.807, 2.05) is 0 Å². The van der Waals surface area contributed by atoms with E-state index in [-0.39, 0.29) is 57.4 Å². The molecule has 0 amide bonds. The standard InChI is InChI=1S/C34H35.2ClH.Ti/c1-22(23-13-9-8-10-14-23)28-21-29-27-18-17-26(33(2,3)4)19-25(27)20-30(29)31(24-15-11-12-16-24)32(28)34(5,6)7;;;/h8-15,17-19,21H,16H2,1-7H3;2*1H;/q-1;;;+3/p-2. The van der Waals surface area contributed by atoms with Crippen LogP contribution in [0.4, 0.5) is 0 Å². The van der Waals surface area contributed by atoms with Crippen LogP contribution in [0.2, 0.25) is 0 Å². The van der Waals surface area contributed by atoms with Gasteiger partial charge in [0.15, 0.2) is 0 Å². The van der Waals surface area contributed by atoms with Crippen molar-refractivity contribution < 1.29 is 46.5 Å². The third-order valence-corrected chi connectivity index (χ3v) is 7.22. The van der Waals surface area contributed by atoms with E-state index >= 15 is 0 Å². The molecule has 0 fully saturated rings. The number of hydrogen-bond donors (Lipinski definition) is 0. The van der Waals surface area contributed by atoms with Crippen molar-refractivity contribution in [3.8, 4) is 11.1 Å². The molecule has 0 saturated heterocycles. The van der Waals surface area contributed by atoms with Crippen molar-refractivity contribution in [2.75, 3.05) is 0 Å². The summed E-state index contributed by atoms with van der Waals surface area (Å²) in [4.78, 5) is 0. The van der Waals surface area contributed by atoms with Crippen LogP contribution in [0.1, 0.15) is 82.7 Å². The first-order valence-corrected chi connectivity index (χ1v) is 12.4. The van der Waals surface area contributed by atoms with Crippen molar-refractivity contribution in [1.82, 2.24) is 0 Å². The second kappa shape index (κ2) is 11.5. The van der Waals surface area contributed by atoms with Crippen molar-refractivity contribution in [1.29, 1.82) is 0 Å². The molecular weight excluding hydrogens is 527 g/mol. The zero-order chi connectivity index (χ0) is 24.3. The Morgan fingerprint density at radius 3 is 2.05 bits per heavy atom. The molecule has 0 aliphatic heterocycles. The molecule has 3 aromatic carbocycles. The Balaban J connectivity index is 0.00000160. The van der Waals surface area contributed by atoms with Crippen LogP contribution in [-0.4, -0.2) is 0 Å². The van der Waals surface area contributed by atoms with Crippen LogP contribution in [0.25, 0.3) is 28.3 Å². The first-order chi connectivity index (χ1) is 16.1. The number of fused-ring (bicyclic) bond motifs is 3. The van der Waals surface area contributed by atoms with Crippen molar-refractivity contribution in [3.63, 3.8) is 0 Å². The van der Waals surface area contributed by atoms with E-state index in [1.165, 1.54) is 60.5 Å². The largest absolute Gasteiger partial charge is 3.00 e. The van der Waals surface area contributed by atoms with Gasteiger partial charge in [-0.25, -0.2) is 0 Å². The SMILES string of the molecule is CC(c1ccccc1)=c1cc2c(c(C3=CC=CC3)c1C(C)(C)C)=[C-]c1cc(C(C)(C)C)ccc1-2.[Cl-].[Cl-].[Ti+3]. The van der Waals surface area contributed by atoms with Crippen LogP contribution >= 0.6 is 0 Å². The van der Waals surface area contributed by atoms with Gasteiger partial charge in [0.05, 0.1) is 0 Å². The van der Waals surface area contributed by atoms with Gasteiger partial charge in [-0.3, -0.25) is 0 Å². The third kappa shape index (κ3) is 5.79. The fourth-order valence-electron chi connectivity index (χ4n) is 5.38. The molecule has 0 saturated carbocycles. The van der Waals surface area contributed by atoms with Crippen molar-refractivity contribution >= 4 is 17.2 Å². The van der Waals surface area contributed by atoms with E-state index in [9.17, 15) is 0 Å². The summed E-state index contributed by atoms with van der Waals surface area (Å²) in [6.07, 6.45) is 11.6. The Hall–Kier alpha value is -1.83. The van der Waals surface area contributed by atoms with Crippen LogP contribution in [0.3, 0.4) is 0 Å². The van der Waals surface area contributed by atoms with E-state index in [4.69, 9.17) is 0 Å². The molecule has 0 nitrogen and oxygen atoms in total. The quantitative estimate of drug-likeness (QED) is 0.257. The molecule has 2 aliphatic carbocycles. The van der Waals surface area contributed by atoms with Crippen molar-refractivity contribution in [2.45, 2.75) is 65.7 Å². The summed E-state index contributed by atoms with van der Waals surface area (Å²) in [5.74, 6) is 0. The molecule has 0 aromatic heterocycles. The third-order valence-electron chi connectivity index (χ3n) is 7.22. The van der Waals surface area contributed by atoms with Crippen molar-refractivity contribution in [3.05, 3.63) is 111 Å². The summed E-state index contributed by atoms with van der Waals surface area (Å²) in [6, 6.07) is 20.2. The van der Waals surface area contributed by atoms with E-state index in [0.29, 0.717) is 0 Å². The molecule has 189 valence electrons. The van der Waals surface area contributed by atoms with Gasteiger partial charge in [-0.2, -0.15) is 0 Å². The molecule has 3 aromatic rings. The Kier molecular flexibility index (Phi) is 9.76. The molecule has 0 atom stereocenters. The molecule has 0 heterocycles. The summed E-state index contributed by atoms with van der Waals surface area (Å²) in [5, 5.41) is 2.63. The van der Waals surface area contributed by atoms with Gasteiger partial charge in [-0.1, -0.05) is 131 Å². The topological polar surface area (TPSA) is 0 Å². The fourth-order valence-corrected chi connectivity index (χ4v) is 5.38. The van der Waals surface area contributed by atoms with E-state index in [0.717, 1.165) is 6.42 Å². The van der Waals surface area contributed by atoms with Crippen LogP contribution in [0.15, 0.2) is 72.8 Å². The number of hydrogen-bond acceptors (Lipinski definition) is 0.